The van der Waals surface area contributed by atoms with Crippen LogP contribution in [0, 0.1) is 0 Å². The van der Waals surface area contributed by atoms with Crippen molar-refractivity contribution in [1.29, 1.82) is 0 Å². The fourth-order valence-electron chi connectivity index (χ4n) is 3.28. The lowest BCUT2D eigenvalue weighted by Gasteiger charge is -2.31. The summed E-state index contributed by atoms with van der Waals surface area (Å²) in [6.07, 6.45) is 8.14. The van der Waals surface area contributed by atoms with E-state index in [1.54, 1.807) is 0 Å². The minimum atomic E-state index is -0.105. The maximum absolute atomic E-state index is 12.2. The molecule has 1 saturated heterocycles. The van der Waals surface area contributed by atoms with Crippen LogP contribution in [0.4, 0.5) is 0 Å². The summed E-state index contributed by atoms with van der Waals surface area (Å²) in [5, 5.41) is 12.5. The van der Waals surface area contributed by atoms with Crippen molar-refractivity contribution in [2.75, 3.05) is 13.2 Å². The van der Waals surface area contributed by atoms with Gasteiger partial charge in [0.05, 0.1) is 12.6 Å². The highest BCUT2D eigenvalue weighted by Crippen LogP contribution is 2.21. The second kappa shape index (κ2) is 6.53. The van der Waals surface area contributed by atoms with Gasteiger partial charge in [0, 0.05) is 12.1 Å². The van der Waals surface area contributed by atoms with Gasteiger partial charge in [-0.1, -0.05) is 19.3 Å². The van der Waals surface area contributed by atoms with Gasteiger partial charge in [0.15, 0.2) is 0 Å². The zero-order valence-electron chi connectivity index (χ0n) is 11.4. The van der Waals surface area contributed by atoms with E-state index in [1.807, 2.05) is 6.92 Å². The predicted octanol–water partition coefficient (Wildman–Crippen LogP) is 1.28. The van der Waals surface area contributed by atoms with Crippen molar-refractivity contribution >= 4 is 5.91 Å². The summed E-state index contributed by atoms with van der Waals surface area (Å²) >= 11 is 0. The van der Waals surface area contributed by atoms with E-state index in [0.29, 0.717) is 6.04 Å². The van der Waals surface area contributed by atoms with Gasteiger partial charge in [-0.2, -0.15) is 0 Å². The Bertz CT molecular complexity index is 277. The number of carbonyl (C=O) groups excluding carboxylic acids is 1. The smallest absolute Gasteiger partial charge is 0.237 e. The molecule has 1 aliphatic heterocycles. The SMILES string of the molecule is CC(C(=O)NC1CCCCC1)N1CCC[C@@H]1CO. The van der Waals surface area contributed by atoms with Crippen molar-refractivity contribution in [3.05, 3.63) is 0 Å². The molecule has 2 atom stereocenters. The van der Waals surface area contributed by atoms with Crippen molar-refractivity contribution in [1.82, 2.24) is 10.2 Å². The lowest BCUT2D eigenvalue weighted by atomic mass is 9.95. The maximum Gasteiger partial charge on any atom is 0.237 e. The third-order valence-electron chi connectivity index (χ3n) is 4.46. The average Bonchev–Trinajstić information content (AvgIpc) is 2.87. The van der Waals surface area contributed by atoms with E-state index in [2.05, 4.69) is 10.2 Å². The maximum atomic E-state index is 12.2. The molecule has 1 amide bonds. The average molecular weight is 254 g/mol. The molecule has 2 N–H and O–H groups in total. The number of hydrogen-bond acceptors (Lipinski definition) is 3. The molecule has 2 aliphatic rings. The number of nitrogens with one attached hydrogen (secondary N) is 1. The zero-order chi connectivity index (χ0) is 13.0. The Balaban J connectivity index is 1.83. The molecule has 0 aromatic rings. The van der Waals surface area contributed by atoms with Crippen molar-refractivity contribution in [2.24, 2.45) is 0 Å². The quantitative estimate of drug-likeness (QED) is 0.794. The normalized spacial score (nSPS) is 28.2. The number of rotatable bonds is 4. The van der Waals surface area contributed by atoms with Crippen LogP contribution in [0.3, 0.4) is 0 Å². The minimum absolute atomic E-state index is 0.105. The molecule has 0 aromatic carbocycles. The second-order valence-corrected chi connectivity index (χ2v) is 5.74. The van der Waals surface area contributed by atoms with Gasteiger partial charge >= 0.3 is 0 Å². The van der Waals surface area contributed by atoms with Gasteiger partial charge in [0.25, 0.3) is 0 Å². The van der Waals surface area contributed by atoms with Crippen LogP contribution in [0.15, 0.2) is 0 Å². The van der Waals surface area contributed by atoms with Gasteiger partial charge in [-0.25, -0.2) is 0 Å². The first-order valence-corrected chi connectivity index (χ1v) is 7.39. The van der Waals surface area contributed by atoms with Gasteiger partial charge < -0.3 is 10.4 Å². The van der Waals surface area contributed by atoms with Crippen molar-refractivity contribution in [2.45, 2.75) is 70.0 Å². The lowest BCUT2D eigenvalue weighted by Crippen LogP contribution is -2.50. The molecule has 0 spiro atoms. The third-order valence-corrected chi connectivity index (χ3v) is 4.46. The second-order valence-electron chi connectivity index (χ2n) is 5.74. The van der Waals surface area contributed by atoms with E-state index < -0.39 is 0 Å². The summed E-state index contributed by atoms with van der Waals surface area (Å²) < 4.78 is 0. The van der Waals surface area contributed by atoms with Crippen molar-refractivity contribution < 1.29 is 9.90 Å². The minimum Gasteiger partial charge on any atom is -0.395 e. The zero-order valence-corrected chi connectivity index (χ0v) is 11.4. The highest BCUT2D eigenvalue weighted by Gasteiger charge is 2.32. The van der Waals surface area contributed by atoms with Crippen LogP contribution in [0.5, 0.6) is 0 Å². The summed E-state index contributed by atoms with van der Waals surface area (Å²) in [6.45, 7) is 3.07. The van der Waals surface area contributed by atoms with Crippen LogP contribution in [0.25, 0.3) is 0 Å². The standard InChI is InChI=1S/C14H26N2O2/c1-11(16-9-5-8-13(16)10-17)14(18)15-12-6-3-2-4-7-12/h11-13,17H,2-10H2,1H3,(H,15,18)/t11?,13-/m1/s1. The van der Waals surface area contributed by atoms with E-state index in [9.17, 15) is 9.90 Å². The fourth-order valence-corrected chi connectivity index (χ4v) is 3.28. The predicted molar refractivity (Wildman–Crippen MR) is 71.3 cm³/mol. The molecule has 0 aromatic heterocycles. The molecule has 1 aliphatic carbocycles. The van der Waals surface area contributed by atoms with E-state index in [1.165, 1.54) is 19.3 Å². The van der Waals surface area contributed by atoms with Gasteiger partial charge in [-0.05, 0) is 39.2 Å². The number of aliphatic hydroxyl groups excluding tert-OH is 1. The van der Waals surface area contributed by atoms with Crippen molar-refractivity contribution in [3.8, 4) is 0 Å². The van der Waals surface area contributed by atoms with Crippen molar-refractivity contribution in [3.63, 3.8) is 0 Å². The van der Waals surface area contributed by atoms with E-state index in [0.717, 1.165) is 32.2 Å². The van der Waals surface area contributed by atoms with Crippen LogP contribution in [-0.2, 0) is 4.79 Å². The first-order valence-electron chi connectivity index (χ1n) is 7.39. The lowest BCUT2D eigenvalue weighted by molar-refractivity contribution is -0.127. The fraction of sp³-hybridized carbons (Fsp3) is 0.929. The molecule has 0 bridgehead atoms. The molecule has 0 radical (unpaired) electrons. The number of nitrogens with zero attached hydrogens (tertiary/aromatic N) is 1. The molecule has 4 heteroatoms. The van der Waals surface area contributed by atoms with Crippen LogP contribution in [0.2, 0.25) is 0 Å². The number of aliphatic hydroxyl groups is 1. The van der Waals surface area contributed by atoms with Gasteiger partial charge in [0.1, 0.15) is 0 Å². The summed E-state index contributed by atoms with van der Waals surface area (Å²) in [5.41, 5.74) is 0. The highest BCUT2D eigenvalue weighted by atomic mass is 16.3. The Morgan fingerprint density at radius 2 is 2.00 bits per heavy atom. The first-order chi connectivity index (χ1) is 8.72. The van der Waals surface area contributed by atoms with Crippen LogP contribution in [0.1, 0.15) is 51.9 Å². The number of carbonyl (C=O) groups is 1. The molecule has 1 heterocycles. The van der Waals surface area contributed by atoms with E-state index >= 15 is 0 Å². The number of likely N-dealkylation sites (tertiary alicyclic amines) is 1. The molecule has 1 unspecified atom stereocenters. The summed E-state index contributed by atoms with van der Waals surface area (Å²) in [7, 11) is 0. The Morgan fingerprint density at radius 1 is 1.28 bits per heavy atom. The monoisotopic (exact) mass is 254 g/mol. The molecule has 2 fully saturated rings. The molecule has 18 heavy (non-hydrogen) atoms. The summed E-state index contributed by atoms with van der Waals surface area (Å²) in [6, 6.07) is 0.451. The van der Waals surface area contributed by atoms with E-state index in [4.69, 9.17) is 0 Å². The Morgan fingerprint density at radius 3 is 2.67 bits per heavy atom. The van der Waals surface area contributed by atoms with Crippen LogP contribution < -0.4 is 5.32 Å². The Labute approximate surface area is 110 Å². The molecule has 104 valence electrons. The largest absolute Gasteiger partial charge is 0.395 e. The first kappa shape index (κ1) is 13.8. The molecular formula is C14H26N2O2. The highest BCUT2D eigenvalue weighted by molar-refractivity contribution is 5.81. The molecular weight excluding hydrogens is 228 g/mol. The van der Waals surface area contributed by atoms with Crippen LogP contribution >= 0.6 is 0 Å². The summed E-state index contributed by atoms with van der Waals surface area (Å²) in [5.74, 6) is 0.141. The Hall–Kier alpha value is -0.610. The summed E-state index contributed by atoms with van der Waals surface area (Å²) in [4.78, 5) is 14.4. The van der Waals surface area contributed by atoms with Gasteiger partial charge in [-0.15, -0.1) is 0 Å². The molecule has 4 nitrogen and oxygen atoms in total. The van der Waals surface area contributed by atoms with Gasteiger partial charge in [0.2, 0.25) is 5.91 Å². The molecule has 1 saturated carbocycles. The van der Waals surface area contributed by atoms with E-state index in [-0.39, 0.29) is 24.6 Å². The third kappa shape index (κ3) is 3.23. The number of amides is 1. The number of hydrogen-bond donors (Lipinski definition) is 2. The molecule has 2 rings (SSSR count). The van der Waals surface area contributed by atoms with Gasteiger partial charge in [-0.3, -0.25) is 9.69 Å². The topological polar surface area (TPSA) is 52.6 Å². The van der Waals surface area contributed by atoms with Crippen LogP contribution in [-0.4, -0.2) is 47.2 Å². The Kier molecular flexibility index (Phi) is 5.01.